The minimum absolute atomic E-state index is 0.647. The molecule has 0 saturated heterocycles. The molecule has 52 heavy (non-hydrogen) atoms. The summed E-state index contributed by atoms with van der Waals surface area (Å²) in [7, 11) is 0. The lowest BCUT2D eigenvalue weighted by Crippen LogP contribution is -2.00. The monoisotopic (exact) mass is 681 g/mol. The van der Waals surface area contributed by atoms with E-state index in [0.717, 1.165) is 54.4 Å². The summed E-state index contributed by atoms with van der Waals surface area (Å²) in [6.07, 6.45) is 1.88. The highest BCUT2D eigenvalue weighted by atomic mass is 32.1. The molecule has 4 aromatic heterocycles. The van der Waals surface area contributed by atoms with Crippen LogP contribution in [0.1, 0.15) is 0 Å². The van der Waals surface area contributed by atoms with Gasteiger partial charge in [-0.05, 0) is 64.0 Å². The van der Waals surface area contributed by atoms with Crippen LogP contribution in [-0.4, -0.2) is 24.5 Å². The summed E-state index contributed by atoms with van der Waals surface area (Å²) in [5, 5.41) is 9.36. The molecule has 0 fully saturated rings. The van der Waals surface area contributed by atoms with E-state index in [1.165, 1.54) is 31.6 Å². The molecule has 11 aromatic rings. The number of thiophene rings is 1. The molecule has 6 heteroatoms. The lowest BCUT2D eigenvalue weighted by Gasteiger charge is -2.10. The van der Waals surface area contributed by atoms with Crippen LogP contribution in [0.15, 0.2) is 164 Å². The van der Waals surface area contributed by atoms with Crippen molar-refractivity contribution in [1.29, 1.82) is 0 Å². The van der Waals surface area contributed by atoms with Crippen molar-refractivity contribution >= 4 is 75.0 Å². The first-order valence-corrected chi connectivity index (χ1v) is 18.1. The standard InChI is InChI=1S/C46H27N5S/c1-3-12-30-26-32(23-21-28(30)10-1)43-48-44(33-24-22-29-11-2-4-13-31(29)27-33)50-45(49-43)38-17-7-15-35-36-16-8-20-40(42(36)52-41(35)38)51-39-19-6-5-14-34(39)37-18-9-25-47-46(37)51/h1-27H. The second kappa shape index (κ2) is 11.4. The number of para-hydroxylation sites is 1. The minimum Gasteiger partial charge on any atom is -0.292 e. The van der Waals surface area contributed by atoms with Gasteiger partial charge in [0.25, 0.3) is 0 Å². The van der Waals surface area contributed by atoms with Crippen molar-refractivity contribution in [2.24, 2.45) is 0 Å². The molecule has 0 spiro atoms. The molecule has 0 N–H and O–H groups in total. The van der Waals surface area contributed by atoms with E-state index in [4.69, 9.17) is 19.9 Å². The second-order valence-corrected chi connectivity index (χ2v) is 14.1. The zero-order chi connectivity index (χ0) is 34.2. The highest BCUT2D eigenvalue weighted by molar-refractivity contribution is 7.26. The van der Waals surface area contributed by atoms with Crippen molar-refractivity contribution in [2.45, 2.75) is 0 Å². The van der Waals surface area contributed by atoms with E-state index in [2.05, 4.69) is 156 Å². The Morgan fingerprint density at radius 3 is 1.73 bits per heavy atom. The van der Waals surface area contributed by atoms with Crippen LogP contribution >= 0.6 is 11.3 Å². The number of pyridine rings is 1. The maximum atomic E-state index is 5.21. The third-order valence-electron chi connectivity index (χ3n) is 10.1. The molecule has 7 aromatic carbocycles. The molecule has 4 heterocycles. The van der Waals surface area contributed by atoms with Gasteiger partial charge in [0, 0.05) is 49.1 Å². The molecule has 0 unspecified atom stereocenters. The van der Waals surface area contributed by atoms with E-state index < -0.39 is 0 Å². The van der Waals surface area contributed by atoms with Gasteiger partial charge in [-0.1, -0.05) is 115 Å². The Hall–Kier alpha value is -6.76. The number of hydrogen-bond donors (Lipinski definition) is 0. The highest BCUT2D eigenvalue weighted by Gasteiger charge is 2.20. The first-order valence-electron chi connectivity index (χ1n) is 17.3. The van der Waals surface area contributed by atoms with Crippen LogP contribution in [0.2, 0.25) is 0 Å². The summed E-state index contributed by atoms with van der Waals surface area (Å²) in [5.41, 5.74) is 6.09. The lowest BCUT2D eigenvalue weighted by atomic mass is 10.0. The average Bonchev–Trinajstić information content (AvgIpc) is 3.76. The van der Waals surface area contributed by atoms with Gasteiger partial charge >= 0.3 is 0 Å². The van der Waals surface area contributed by atoms with Gasteiger partial charge in [0.05, 0.1) is 15.9 Å². The van der Waals surface area contributed by atoms with E-state index in [-0.39, 0.29) is 0 Å². The Morgan fingerprint density at radius 2 is 1.00 bits per heavy atom. The Kier molecular flexibility index (Phi) is 6.35. The Labute approximate surface area is 302 Å². The molecule has 11 rings (SSSR count). The van der Waals surface area contributed by atoms with Gasteiger partial charge in [-0.3, -0.25) is 4.57 Å². The minimum atomic E-state index is 0.647. The number of fused-ring (bicyclic) bond motifs is 8. The molecular weight excluding hydrogens is 655 g/mol. The lowest BCUT2D eigenvalue weighted by molar-refractivity contribution is 1.08. The van der Waals surface area contributed by atoms with Crippen LogP contribution in [0.5, 0.6) is 0 Å². The van der Waals surface area contributed by atoms with Crippen LogP contribution in [0, 0.1) is 0 Å². The summed E-state index contributed by atoms with van der Waals surface area (Å²) >= 11 is 1.78. The van der Waals surface area contributed by atoms with Crippen molar-refractivity contribution < 1.29 is 0 Å². The molecule has 0 atom stereocenters. The molecule has 0 aliphatic carbocycles. The number of hydrogen-bond acceptors (Lipinski definition) is 5. The summed E-state index contributed by atoms with van der Waals surface area (Å²) in [6.45, 7) is 0. The van der Waals surface area contributed by atoms with Gasteiger partial charge < -0.3 is 0 Å². The summed E-state index contributed by atoms with van der Waals surface area (Å²) in [5.74, 6) is 1.95. The number of rotatable bonds is 4. The van der Waals surface area contributed by atoms with Crippen LogP contribution < -0.4 is 0 Å². The largest absolute Gasteiger partial charge is 0.292 e. The molecule has 0 aliphatic rings. The van der Waals surface area contributed by atoms with Crippen LogP contribution in [-0.2, 0) is 0 Å². The normalized spacial score (nSPS) is 11.8. The maximum Gasteiger partial charge on any atom is 0.165 e. The van der Waals surface area contributed by atoms with Crippen molar-refractivity contribution in [3.63, 3.8) is 0 Å². The van der Waals surface area contributed by atoms with Gasteiger partial charge in [0.15, 0.2) is 17.5 Å². The van der Waals surface area contributed by atoms with Gasteiger partial charge in [0.1, 0.15) is 5.65 Å². The Balaban J connectivity index is 1.16. The zero-order valence-corrected chi connectivity index (χ0v) is 28.5. The number of aromatic nitrogens is 5. The van der Waals surface area contributed by atoms with Crippen molar-refractivity contribution in [3.8, 4) is 39.9 Å². The second-order valence-electron chi connectivity index (χ2n) is 13.1. The summed E-state index contributed by atoms with van der Waals surface area (Å²) in [4.78, 5) is 20.4. The average molecular weight is 682 g/mol. The van der Waals surface area contributed by atoms with E-state index in [1.807, 2.05) is 12.3 Å². The molecule has 0 bridgehead atoms. The first-order chi connectivity index (χ1) is 25.8. The van der Waals surface area contributed by atoms with Crippen LogP contribution in [0.3, 0.4) is 0 Å². The molecule has 242 valence electrons. The fraction of sp³-hybridized carbons (Fsp3) is 0. The molecule has 0 amide bonds. The van der Waals surface area contributed by atoms with Crippen LogP contribution in [0.25, 0.3) is 104 Å². The van der Waals surface area contributed by atoms with Crippen molar-refractivity contribution in [2.75, 3.05) is 0 Å². The molecule has 5 nitrogen and oxygen atoms in total. The first kappa shape index (κ1) is 29.0. The Morgan fingerprint density at radius 1 is 0.423 bits per heavy atom. The molecule has 0 saturated carbocycles. The number of nitrogens with zero attached hydrogens (tertiary/aromatic N) is 5. The molecule has 0 radical (unpaired) electrons. The fourth-order valence-corrected chi connectivity index (χ4v) is 8.92. The van der Waals surface area contributed by atoms with Gasteiger partial charge in [0.2, 0.25) is 0 Å². The van der Waals surface area contributed by atoms with Gasteiger partial charge in [-0.2, -0.15) is 0 Å². The predicted molar refractivity (Wildman–Crippen MR) is 216 cm³/mol. The fourth-order valence-electron chi connectivity index (χ4n) is 7.61. The quantitative estimate of drug-likeness (QED) is 0.185. The van der Waals surface area contributed by atoms with E-state index >= 15 is 0 Å². The zero-order valence-electron chi connectivity index (χ0n) is 27.7. The highest BCUT2D eigenvalue weighted by Crippen LogP contribution is 2.43. The number of benzene rings is 7. The topological polar surface area (TPSA) is 56.5 Å². The van der Waals surface area contributed by atoms with Crippen molar-refractivity contribution in [1.82, 2.24) is 24.5 Å². The summed E-state index contributed by atoms with van der Waals surface area (Å²) in [6, 6.07) is 55.4. The SMILES string of the molecule is c1ccc2cc(-c3nc(-c4ccc5ccccc5c4)nc(-c4cccc5c4sc4c(-n6c7ccccc7c7cccnc76)cccc45)n3)ccc2c1. The predicted octanol–water partition coefficient (Wildman–Crippen LogP) is 12.0. The third kappa shape index (κ3) is 4.48. The summed E-state index contributed by atoms with van der Waals surface area (Å²) < 4.78 is 4.64. The van der Waals surface area contributed by atoms with E-state index in [1.54, 1.807) is 11.3 Å². The van der Waals surface area contributed by atoms with Crippen molar-refractivity contribution in [3.05, 3.63) is 164 Å². The smallest absolute Gasteiger partial charge is 0.165 e. The maximum absolute atomic E-state index is 5.21. The van der Waals surface area contributed by atoms with E-state index in [0.29, 0.717) is 17.5 Å². The van der Waals surface area contributed by atoms with Crippen LogP contribution in [0.4, 0.5) is 0 Å². The van der Waals surface area contributed by atoms with Gasteiger partial charge in [-0.15, -0.1) is 11.3 Å². The molecular formula is C46H27N5S. The molecule has 0 aliphatic heterocycles. The third-order valence-corrected chi connectivity index (χ3v) is 11.3. The van der Waals surface area contributed by atoms with E-state index in [9.17, 15) is 0 Å². The van der Waals surface area contributed by atoms with Gasteiger partial charge in [-0.25, -0.2) is 19.9 Å². The Bertz CT molecular complexity index is 3060.